The Morgan fingerprint density at radius 3 is 2.80 bits per heavy atom. The minimum absolute atomic E-state index is 0.0459. The van der Waals surface area contributed by atoms with Crippen LogP contribution in [0, 0.1) is 0 Å². The average Bonchev–Trinajstić information content (AvgIpc) is 2.72. The van der Waals surface area contributed by atoms with E-state index < -0.39 is 9.84 Å². The van der Waals surface area contributed by atoms with Gasteiger partial charge in [0, 0.05) is 13.4 Å². The number of aromatic nitrogens is 2. The molecule has 1 N–H and O–H groups in total. The van der Waals surface area contributed by atoms with Crippen molar-refractivity contribution >= 4 is 25.8 Å². The zero-order valence-corrected chi connectivity index (χ0v) is 14.5. The van der Waals surface area contributed by atoms with E-state index in [4.69, 9.17) is 4.74 Å². The second-order valence-corrected chi connectivity index (χ2v) is 7.73. The Morgan fingerprint density at radius 1 is 1.55 bits per heavy atom. The van der Waals surface area contributed by atoms with Gasteiger partial charge >= 0.3 is 0 Å². The molecule has 0 saturated carbocycles. The molecule has 0 amide bonds. The summed E-state index contributed by atoms with van der Waals surface area (Å²) in [6, 6.07) is -0.279. The van der Waals surface area contributed by atoms with Crippen molar-refractivity contribution in [2.24, 2.45) is 0 Å². The number of nitrogens with one attached hydrogen (secondary N) is 1. The number of nitrogens with zero attached hydrogens (tertiary/aromatic N) is 2. The lowest BCUT2D eigenvalue weighted by atomic mass is 10.2. The van der Waals surface area contributed by atoms with Gasteiger partial charge < -0.3 is 10.1 Å². The van der Waals surface area contributed by atoms with E-state index in [-0.39, 0.29) is 11.8 Å². The molecule has 0 bridgehead atoms. The minimum atomic E-state index is -3.09. The van der Waals surface area contributed by atoms with Gasteiger partial charge in [0.2, 0.25) is 0 Å². The fourth-order valence-corrected chi connectivity index (χ4v) is 3.38. The van der Waals surface area contributed by atoms with Crippen LogP contribution in [0.5, 0.6) is 0 Å². The molecule has 0 aliphatic heterocycles. The highest BCUT2D eigenvalue weighted by Crippen LogP contribution is 2.24. The molecule has 116 valence electrons. The second-order valence-electron chi connectivity index (χ2n) is 4.69. The Balaban J connectivity index is 3.02. The van der Waals surface area contributed by atoms with Crippen LogP contribution >= 0.6 is 15.9 Å². The van der Waals surface area contributed by atoms with E-state index in [0.29, 0.717) is 13.2 Å². The van der Waals surface area contributed by atoms with Gasteiger partial charge in [-0.15, -0.1) is 0 Å². The fraction of sp³-hybridized carbons (Fsp3) is 0.750. The number of rotatable bonds is 9. The summed E-state index contributed by atoms with van der Waals surface area (Å²) < 4.78 is 30.9. The lowest BCUT2D eigenvalue weighted by molar-refractivity contribution is 0.181. The predicted molar refractivity (Wildman–Crippen MR) is 82.5 cm³/mol. The Labute approximate surface area is 128 Å². The molecule has 0 aliphatic carbocycles. The summed E-state index contributed by atoms with van der Waals surface area (Å²) in [6.07, 6.45) is 3.87. The van der Waals surface area contributed by atoms with Crippen LogP contribution in [0.3, 0.4) is 0 Å². The molecule has 6 nitrogen and oxygen atoms in total. The molecule has 1 unspecified atom stereocenters. The van der Waals surface area contributed by atoms with E-state index in [2.05, 4.69) is 26.3 Å². The first kappa shape index (κ1) is 17.6. The van der Waals surface area contributed by atoms with Crippen molar-refractivity contribution in [3.8, 4) is 0 Å². The van der Waals surface area contributed by atoms with Crippen molar-refractivity contribution in [2.75, 3.05) is 32.3 Å². The fourth-order valence-electron chi connectivity index (χ4n) is 1.93. The third-order valence-electron chi connectivity index (χ3n) is 2.78. The molecule has 0 spiro atoms. The summed E-state index contributed by atoms with van der Waals surface area (Å²) in [5, 5.41) is 7.54. The molecule has 1 atom stereocenters. The molecule has 0 aliphatic rings. The van der Waals surface area contributed by atoms with Crippen LogP contribution in [0.15, 0.2) is 10.7 Å². The first-order valence-corrected chi connectivity index (χ1v) is 9.35. The number of sulfone groups is 1. The van der Waals surface area contributed by atoms with Gasteiger partial charge in [0.15, 0.2) is 0 Å². The van der Waals surface area contributed by atoms with Gasteiger partial charge in [0.1, 0.15) is 9.84 Å². The van der Waals surface area contributed by atoms with Crippen LogP contribution < -0.4 is 5.32 Å². The Morgan fingerprint density at radius 2 is 2.25 bits per heavy atom. The van der Waals surface area contributed by atoms with E-state index in [1.807, 2.05) is 6.92 Å². The summed E-state index contributed by atoms with van der Waals surface area (Å²) in [5.41, 5.74) is 0.848. The van der Waals surface area contributed by atoms with E-state index in [0.717, 1.165) is 23.1 Å². The minimum Gasteiger partial charge on any atom is -0.383 e. The summed E-state index contributed by atoms with van der Waals surface area (Å²) in [7, 11) is -1.46. The quantitative estimate of drug-likeness (QED) is 0.713. The third-order valence-corrected chi connectivity index (χ3v) is 4.33. The number of halogens is 1. The molecule has 1 rings (SSSR count). The summed E-state index contributed by atoms with van der Waals surface area (Å²) in [4.78, 5) is 0. The van der Waals surface area contributed by atoms with Gasteiger partial charge in [0.05, 0.1) is 41.3 Å². The lowest BCUT2D eigenvalue weighted by Crippen LogP contribution is -2.31. The first-order chi connectivity index (χ1) is 9.39. The van der Waals surface area contributed by atoms with Gasteiger partial charge in [-0.3, -0.25) is 4.68 Å². The molecule has 1 heterocycles. The zero-order valence-electron chi connectivity index (χ0n) is 12.1. The molecule has 20 heavy (non-hydrogen) atoms. The van der Waals surface area contributed by atoms with Crippen molar-refractivity contribution in [3.05, 3.63) is 16.4 Å². The standard InChI is InChI=1S/C12H22BrN3O3S/c1-4-5-14-11(9-20(3,17)18)12-10(13)8-15-16(12)6-7-19-2/h8,11,14H,4-7,9H2,1-3H3. The number of hydrogen-bond acceptors (Lipinski definition) is 5. The average molecular weight is 368 g/mol. The maximum atomic E-state index is 11.6. The normalized spacial score (nSPS) is 13.6. The highest BCUT2D eigenvalue weighted by molar-refractivity contribution is 9.10. The largest absolute Gasteiger partial charge is 0.383 e. The van der Waals surface area contributed by atoms with Crippen molar-refractivity contribution < 1.29 is 13.2 Å². The number of hydrogen-bond donors (Lipinski definition) is 1. The van der Waals surface area contributed by atoms with E-state index >= 15 is 0 Å². The van der Waals surface area contributed by atoms with Crippen LogP contribution in [0.2, 0.25) is 0 Å². The maximum absolute atomic E-state index is 11.6. The Hall–Kier alpha value is -0.440. The zero-order chi connectivity index (χ0) is 15.2. The molecule has 1 aromatic heterocycles. The van der Waals surface area contributed by atoms with Gasteiger partial charge in [0.25, 0.3) is 0 Å². The van der Waals surface area contributed by atoms with E-state index in [1.54, 1.807) is 18.0 Å². The van der Waals surface area contributed by atoms with E-state index in [1.165, 1.54) is 6.26 Å². The van der Waals surface area contributed by atoms with Crippen LogP contribution in [0.1, 0.15) is 25.1 Å². The van der Waals surface area contributed by atoms with Gasteiger partial charge in [-0.25, -0.2) is 8.42 Å². The van der Waals surface area contributed by atoms with Crippen LogP contribution in [0.25, 0.3) is 0 Å². The van der Waals surface area contributed by atoms with Gasteiger partial charge in [-0.1, -0.05) is 6.92 Å². The number of ether oxygens (including phenoxy) is 1. The lowest BCUT2D eigenvalue weighted by Gasteiger charge is -2.20. The van der Waals surface area contributed by atoms with Crippen molar-refractivity contribution in [2.45, 2.75) is 25.9 Å². The monoisotopic (exact) mass is 367 g/mol. The highest BCUT2D eigenvalue weighted by atomic mass is 79.9. The molecular weight excluding hydrogens is 346 g/mol. The predicted octanol–water partition coefficient (Wildman–Crippen LogP) is 1.38. The van der Waals surface area contributed by atoms with Crippen molar-refractivity contribution in [3.63, 3.8) is 0 Å². The van der Waals surface area contributed by atoms with Crippen molar-refractivity contribution in [1.29, 1.82) is 0 Å². The molecule has 0 fully saturated rings. The molecule has 0 aromatic carbocycles. The Bertz CT molecular complexity index is 516. The molecule has 0 radical (unpaired) electrons. The molecule has 0 saturated heterocycles. The van der Waals surface area contributed by atoms with Gasteiger partial charge in [-0.05, 0) is 28.9 Å². The van der Waals surface area contributed by atoms with Crippen LogP contribution in [0.4, 0.5) is 0 Å². The first-order valence-electron chi connectivity index (χ1n) is 6.50. The summed E-state index contributed by atoms with van der Waals surface area (Å²) in [6.45, 7) is 3.91. The Kier molecular flexibility index (Phi) is 7.14. The SMILES string of the molecule is CCCNC(CS(C)(=O)=O)c1c(Br)cnn1CCOC. The third kappa shape index (κ3) is 5.51. The summed E-state index contributed by atoms with van der Waals surface area (Å²) in [5.74, 6) is 0.0459. The highest BCUT2D eigenvalue weighted by Gasteiger charge is 2.23. The van der Waals surface area contributed by atoms with E-state index in [9.17, 15) is 8.42 Å². The van der Waals surface area contributed by atoms with Crippen molar-refractivity contribution in [1.82, 2.24) is 15.1 Å². The second kappa shape index (κ2) is 8.11. The smallest absolute Gasteiger partial charge is 0.149 e. The van der Waals surface area contributed by atoms with Crippen LogP contribution in [-0.4, -0.2) is 50.5 Å². The molecular formula is C12H22BrN3O3S. The van der Waals surface area contributed by atoms with Crippen LogP contribution in [-0.2, 0) is 21.1 Å². The topological polar surface area (TPSA) is 73.2 Å². The maximum Gasteiger partial charge on any atom is 0.149 e. The summed E-state index contributed by atoms with van der Waals surface area (Å²) >= 11 is 3.45. The van der Waals surface area contributed by atoms with Gasteiger partial charge in [-0.2, -0.15) is 5.10 Å². The molecule has 8 heteroatoms. The molecule has 1 aromatic rings. The number of methoxy groups -OCH3 is 1.